The maximum absolute atomic E-state index is 12.1. The molecule has 1 saturated heterocycles. The number of benzene rings is 1. The third-order valence-corrected chi connectivity index (χ3v) is 3.13. The second-order valence-corrected chi connectivity index (χ2v) is 4.63. The highest BCUT2D eigenvalue weighted by Crippen LogP contribution is 2.26. The largest absolute Gasteiger partial charge is 0.573 e. The zero-order chi connectivity index (χ0) is 13.9. The minimum atomic E-state index is -4.66. The number of hydrogen-bond donors (Lipinski definition) is 1. The zero-order valence-corrected chi connectivity index (χ0v) is 10.5. The molecule has 1 N–H and O–H groups in total. The molecular formula is C13H16F3NO2. The molecule has 2 rings (SSSR count). The van der Waals surface area contributed by atoms with E-state index in [1.54, 1.807) is 6.07 Å². The molecule has 0 aromatic heterocycles. The molecule has 1 aliphatic heterocycles. The number of alkyl halides is 3. The maximum Gasteiger partial charge on any atom is 0.573 e. The third kappa shape index (κ3) is 4.31. The lowest BCUT2D eigenvalue weighted by Crippen LogP contribution is -2.26. The first kappa shape index (κ1) is 14.0. The summed E-state index contributed by atoms with van der Waals surface area (Å²) in [6.45, 7) is 3.43. The standard InChI is InChI=1S/C13H16F3NO2/c1-9(10-5-6-18-8-10)17-11-3-2-4-12(7-11)19-13(14,15)16/h2-4,7,9-10,17H,5-6,8H2,1H3. The molecule has 19 heavy (non-hydrogen) atoms. The maximum atomic E-state index is 12.1. The fraction of sp³-hybridized carbons (Fsp3) is 0.538. The van der Waals surface area contributed by atoms with Gasteiger partial charge in [-0.2, -0.15) is 0 Å². The van der Waals surface area contributed by atoms with E-state index in [-0.39, 0.29) is 11.8 Å². The highest BCUT2D eigenvalue weighted by atomic mass is 19.4. The Morgan fingerprint density at radius 1 is 1.42 bits per heavy atom. The monoisotopic (exact) mass is 275 g/mol. The second-order valence-electron chi connectivity index (χ2n) is 4.63. The van der Waals surface area contributed by atoms with E-state index in [0.29, 0.717) is 18.2 Å². The first-order chi connectivity index (χ1) is 8.94. The van der Waals surface area contributed by atoms with Gasteiger partial charge in [0.25, 0.3) is 0 Å². The molecule has 0 bridgehead atoms. The predicted molar refractivity (Wildman–Crippen MR) is 65.1 cm³/mol. The van der Waals surface area contributed by atoms with Gasteiger partial charge >= 0.3 is 6.36 Å². The summed E-state index contributed by atoms with van der Waals surface area (Å²) >= 11 is 0. The lowest BCUT2D eigenvalue weighted by atomic mass is 10.0. The summed E-state index contributed by atoms with van der Waals surface area (Å²) in [5, 5.41) is 3.18. The molecule has 0 spiro atoms. The fourth-order valence-corrected chi connectivity index (χ4v) is 2.11. The van der Waals surface area contributed by atoms with Crippen molar-refractivity contribution in [3.05, 3.63) is 24.3 Å². The molecule has 0 saturated carbocycles. The van der Waals surface area contributed by atoms with Crippen LogP contribution in [0.25, 0.3) is 0 Å². The Bertz CT molecular complexity index is 417. The van der Waals surface area contributed by atoms with Gasteiger partial charge in [0, 0.05) is 30.3 Å². The second kappa shape index (κ2) is 5.69. The van der Waals surface area contributed by atoms with Gasteiger partial charge < -0.3 is 14.8 Å². The summed E-state index contributed by atoms with van der Waals surface area (Å²) in [7, 11) is 0. The first-order valence-electron chi connectivity index (χ1n) is 6.14. The van der Waals surface area contributed by atoms with Gasteiger partial charge in [-0.15, -0.1) is 13.2 Å². The van der Waals surface area contributed by atoms with E-state index in [2.05, 4.69) is 10.1 Å². The normalized spacial score (nSPS) is 21.2. The average molecular weight is 275 g/mol. The van der Waals surface area contributed by atoms with Gasteiger partial charge in [0.15, 0.2) is 0 Å². The van der Waals surface area contributed by atoms with Crippen LogP contribution in [0.15, 0.2) is 24.3 Å². The lowest BCUT2D eigenvalue weighted by molar-refractivity contribution is -0.274. The number of ether oxygens (including phenoxy) is 2. The van der Waals surface area contributed by atoms with Crippen LogP contribution in [0.4, 0.5) is 18.9 Å². The van der Waals surface area contributed by atoms with Gasteiger partial charge in [-0.1, -0.05) is 6.07 Å². The van der Waals surface area contributed by atoms with Crippen molar-refractivity contribution in [2.24, 2.45) is 5.92 Å². The average Bonchev–Trinajstić information content (AvgIpc) is 2.80. The minimum absolute atomic E-state index is 0.142. The van der Waals surface area contributed by atoms with Crippen LogP contribution in [0, 0.1) is 5.92 Å². The highest BCUT2D eigenvalue weighted by Gasteiger charge is 2.31. The Labute approximate surface area is 109 Å². The molecule has 106 valence electrons. The van der Waals surface area contributed by atoms with Gasteiger partial charge in [0.2, 0.25) is 0 Å². The van der Waals surface area contributed by atoms with Crippen LogP contribution in [0.1, 0.15) is 13.3 Å². The van der Waals surface area contributed by atoms with E-state index in [0.717, 1.165) is 13.0 Å². The SMILES string of the molecule is CC(Nc1cccc(OC(F)(F)F)c1)C1CCOC1. The molecule has 1 aliphatic rings. The fourth-order valence-electron chi connectivity index (χ4n) is 2.11. The Morgan fingerprint density at radius 2 is 2.21 bits per heavy atom. The molecule has 1 heterocycles. The van der Waals surface area contributed by atoms with Crippen molar-refractivity contribution in [2.75, 3.05) is 18.5 Å². The molecule has 1 aromatic rings. The van der Waals surface area contributed by atoms with Crippen LogP contribution >= 0.6 is 0 Å². The first-order valence-corrected chi connectivity index (χ1v) is 6.14. The van der Waals surface area contributed by atoms with Gasteiger partial charge in [0.1, 0.15) is 5.75 Å². The van der Waals surface area contributed by atoms with E-state index in [4.69, 9.17) is 4.74 Å². The Balaban J connectivity index is 1.98. The third-order valence-electron chi connectivity index (χ3n) is 3.13. The van der Waals surface area contributed by atoms with Crippen LogP contribution in [0.5, 0.6) is 5.75 Å². The minimum Gasteiger partial charge on any atom is -0.406 e. The van der Waals surface area contributed by atoms with Crippen molar-refractivity contribution in [3.63, 3.8) is 0 Å². The van der Waals surface area contributed by atoms with Crippen molar-refractivity contribution >= 4 is 5.69 Å². The molecule has 2 atom stereocenters. The van der Waals surface area contributed by atoms with E-state index in [9.17, 15) is 13.2 Å². The number of rotatable bonds is 4. The topological polar surface area (TPSA) is 30.5 Å². The van der Waals surface area contributed by atoms with Gasteiger partial charge in [-0.05, 0) is 25.5 Å². The number of halogens is 3. The Hall–Kier alpha value is -1.43. The van der Waals surface area contributed by atoms with Crippen molar-refractivity contribution in [3.8, 4) is 5.75 Å². The highest BCUT2D eigenvalue weighted by molar-refractivity contribution is 5.48. The van der Waals surface area contributed by atoms with Crippen LogP contribution < -0.4 is 10.1 Å². The molecule has 0 aliphatic carbocycles. The smallest absolute Gasteiger partial charge is 0.406 e. The van der Waals surface area contributed by atoms with Gasteiger partial charge in [-0.25, -0.2) is 0 Å². The van der Waals surface area contributed by atoms with Crippen LogP contribution in [-0.2, 0) is 4.74 Å². The van der Waals surface area contributed by atoms with Crippen molar-refractivity contribution in [1.82, 2.24) is 0 Å². The molecule has 2 unspecified atom stereocenters. The van der Waals surface area contributed by atoms with Crippen molar-refractivity contribution < 1.29 is 22.6 Å². The van der Waals surface area contributed by atoms with E-state index in [1.807, 2.05) is 6.92 Å². The van der Waals surface area contributed by atoms with Crippen LogP contribution in [0.3, 0.4) is 0 Å². The van der Waals surface area contributed by atoms with E-state index in [1.165, 1.54) is 18.2 Å². The molecule has 1 fully saturated rings. The Morgan fingerprint density at radius 3 is 2.84 bits per heavy atom. The van der Waals surface area contributed by atoms with E-state index < -0.39 is 6.36 Å². The lowest BCUT2D eigenvalue weighted by Gasteiger charge is -2.21. The summed E-state index contributed by atoms with van der Waals surface area (Å²) in [4.78, 5) is 0. The summed E-state index contributed by atoms with van der Waals surface area (Å²) < 4.78 is 45.5. The summed E-state index contributed by atoms with van der Waals surface area (Å²) in [6.07, 6.45) is -3.70. The summed E-state index contributed by atoms with van der Waals surface area (Å²) in [5.41, 5.74) is 0.612. The van der Waals surface area contributed by atoms with Crippen molar-refractivity contribution in [2.45, 2.75) is 25.7 Å². The zero-order valence-electron chi connectivity index (χ0n) is 10.5. The number of anilines is 1. The number of nitrogens with one attached hydrogen (secondary N) is 1. The molecule has 0 amide bonds. The van der Waals surface area contributed by atoms with Crippen molar-refractivity contribution in [1.29, 1.82) is 0 Å². The molecule has 6 heteroatoms. The molecule has 0 radical (unpaired) electrons. The van der Waals surface area contributed by atoms with E-state index >= 15 is 0 Å². The Kier molecular flexibility index (Phi) is 4.19. The molecule has 3 nitrogen and oxygen atoms in total. The van der Waals surface area contributed by atoms with Crippen LogP contribution in [-0.4, -0.2) is 25.6 Å². The quantitative estimate of drug-likeness (QED) is 0.913. The number of hydrogen-bond acceptors (Lipinski definition) is 3. The summed E-state index contributed by atoms with van der Waals surface area (Å²) in [5.74, 6) is 0.166. The molecule has 1 aromatic carbocycles. The molecular weight excluding hydrogens is 259 g/mol. The van der Waals surface area contributed by atoms with Gasteiger partial charge in [-0.3, -0.25) is 0 Å². The van der Waals surface area contributed by atoms with Crippen LogP contribution in [0.2, 0.25) is 0 Å². The van der Waals surface area contributed by atoms with Gasteiger partial charge in [0.05, 0.1) is 6.61 Å². The summed E-state index contributed by atoms with van der Waals surface area (Å²) in [6, 6.07) is 6.02. The predicted octanol–water partition coefficient (Wildman–Crippen LogP) is 3.42.